The molecule has 0 unspecified atom stereocenters. The van der Waals surface area contributed by atoms with Crippen LogP contribution >= 0.6 is 22.9 Å². The first-order valence-electron chi connectivity index (χ1n) is 3.31. The van der Waals surface area contributed by atoms with Crippen molar-refractivity contribution >= 4 is 39.3 Å². The highest BCUT2D eigenvalue weighted by Crippen LogP contribution is 2.23. The van der Waals surface area contributed by atoms with Gasteiger partial charge in [-0.25, -0.2) is 14.8 Å². The Balaban J connectivity index is 2.79. The molecular formula is C7H3ClN2O2S. The summed E-state index contributed by atoms with van der Waals surface area (Å²) in [5.41, 5.74) is 0.500. The molecule has 66 valence electrons. The van der Waals surface area contributed by atoms with E-state index in [1.54, 1.807) is 0 Å². The molecule has 13 heavy (non-hydrogen) atoms. The largest absolute Gasteiger partial charge is 0.478 e. The van der Waals surface area contributed by atoms with Crippen LogP contribution in [0.4, 0.5) is 0 Å². The van der Waals surface area contributed by atoms with Gasteiger partial charge in [0.25, 0.3) is 0 Å². The molecule has 1 N–H and O–H groups in total. The number of nitrogens with zero attached hydrogens (tertiary/aromatic N) is 2. The first kappa shape index (κ1) is 8.40. The molecule has 0 spiro atoms. The normalized spacial score (nSPS) is 10.5. The molecule has 2 aromatic heterocycles. The third-order valence-corrected chi connectivity index (χ3v) is 2.54. The van der Waals surface area contributed by atoms with E-state index in [4.69, 9.17) is 16.7 Å². The van der Waals surface area contributed by atoms with Gasteiger partial charge in [0.2, 0.25) is 0 Å². The number of halogens is 1. The maximum Gasteiger partial charge on any atom is 0.338 e. The lowest BCUT2D eigenvalue weighted by molar-refractivity contribution is 0.0699. The number of thiophene rings is 1. The molecule has 0 saturated carbocycles. The van der Waals surface area contributed by atoms with E-state index in [1.807, 2.05) is 0 Å². The number of aromatic carboxylic acids is 1. The molecule has 0 aliphatic carbocycles. The van der Waals surface area contributed by atoms with Gasteiger partial charge in [-0.15, -0.1) is 11.3 Å². The zero-order chi connectivity index (χ0) is 9.42. The van der Waals surface area contributed by atoms with Crippen LogP contribution in [0.3, 0.4) is 0 Å². The number of hydrogen-bond donors (Lipinski definition) is 1. The number of carboxylic acid groups (broad SMARTS) is 1. The zero-order valence-corrected chi connectivity index (χ0v) is 7.76. The molecule has 2 aromatic rings. The molecule has 2 heterocycles. The highest BCUT2D eigenvalue weighted by atomic mass is 35.5. The Morgan fingerprint density at radius 1 is 1.62 bits per heavy atom. The van der Waals surface area contributed by atoms with Crippen LogP contribution in [-0.4, -0.2) is 21.0 Å². The molecule has 0 aliphatic heterocycles. The lowest BCUT2D eigenvalue weighted by Gasteiger charge is -1.91. The predicted octanol–water partition coefficient (Wildman–Crippen LogP) is 2.04. The van der Waals surface area contributed by atoms with Crippen LogP contribution in [0.2, 0.25) is 5.15 Å². The summed E-state index contributed by atoms with van der Waals surface area (Å²) in [4.78, 5) is 19.1. The van der Waals surface area contributed by atoms with Gasteiger partial charge in [-0.2, -0.15) is 0 Å². The molecule has 6 heteroatoms. The second-order valence-electron chi connectivity index (χ2n) is 2.30. The number of carboxylic acids is 1. The second kappa shape index (κ2) is 2.93. The highest BCUT2D eigenvalue weighted by molar-refractivity contribution is 7.17. The van der Waals surface area contributed by atoms with Crippen LogP contribution in [0.1, 0.15) is 10.4 Å². The van der Waals surface area contributed by atoms with E-state index in [-0.39, 0.29) is 10.7 Å². The van der Waals surface area contributed by atoms with E-state index in [9.17, 15) is 4.79 Å². The van der Waals surface area contributed by atoms with Gasteiger partial charge in [0.1, 0.15) is 15.5 Å². The first-order valence-corrected chi connectivity index (χ1v) is 4.57. The maximum absolute atomic E-state index is 10.7. The van der Waals surface area contributed by atoms with Gasteiger partial charge >= 0.3 is 5.97 Å². The van der Waals surface area contributed by atoms with Crippen molar-refractivity contribution in [1.82, 2.24) is 9.97 Å². The Kier molecular flexibility index (Phi) is 1.90. The third kappa shape index (κ3) is 1.36. The van der Waals surface area contributed by atoms with Gasteiger partial charge in [-0.3, -0.25) is 0 Å². The minimum atomic E-state index is -1.01. The molecule has 0 aromatic carbocycles. The average molecular weight is 215 g/mol. The number of rotatable bonds is 1. The Labute approximate surface area is 81.8 Å². The number of aromatic nitrogens is 2. The minimum absolute atomic E-state index is 0.148. The number of hydrogen-bond acceptors (Lipinski definition) is 4. The van der Waals surface area contributed by atoms with Crippen molar-refractivity contribution in [2.75, 3.05) is 0 Å². The summed E-state index contributed by atoms with van der Waals surface area (Å²) in [6.45, 7) is 0. The summed E-state index contributed by atoms with van der Waals surface area (Å²) < 4.78 is 0. The van der Waals surface area contributed by atoms with E-state index >= 15 is 0 Å². The zero-order valence-electron chi connectivity index (χ0n) is 6.19. The van der Waals surface area contributed by atoms with Gasteiger partial charge in [-0.1, -0.05) is 11.6 Å². The Morgan fingerprint density at radius 3 is 3.08 bits per heavy atom. The van der Waals surface area contributed by atoms with Crippen LogP contribution in [0.25, 0.3) is 10.3 Å². The summed E-state index contributed by atoms with van der Waals surface area (Å²) >= 11 is 6.83. The molecule has 0 saturated heterocycles. The molecule has 0 fully saturated rings. The van der Waals surface area contributed by atoms with E-state index in [1.165, 1.54) is 22.9 Å². The summed E-state index contributed by atoms with van der Waals surface area (Å²) in [7, 11) is 0. The standard InChI is InChI=1S/C7H3ClN2O2S/c8-4-1-9-6-5(10-4)3(2-13-6)7(11)12/h1-2H,(H,11,12). The summed E-state index contributed by atoms with van der Waals surface area (Å²) in [6, 6.07) is 0. The van der Waals surface area contributed by atoms with Crippen molar-refractivity contribution in [3.8, 4) is 0 Å². The lowest BCUT2D eigenvalue weighted by Crippen LogP contribution is -1.95. The molecular weight excluding hydrogens is 212 g/mol. The van der Waals surface area contributed by atoms with Crippen LogP contribution in [-0.2, 0) is 0 Å². The second-order valence-corrected chi connectivity index (χ2v) is 3.55. The fourth-order valence-electron chi connectivity index (χ4n) is 0.940. The fourth-order valence-corrected chi connectivity index (χ4v) is 1.90. The fraction of sp³-hybridized carbons (Fsp3) is 0. The summed E-state index contributed by atoms with van der Waals surface area (Å²) in [5.74, 6) is -1.01. The minimum Gasteiger partial charge on any atom is -0.478 e. The molecule has 0 atom stereocenters. The van der Waals surface area contributed by atoms with Crippen molar-refractivity contribution < 1.29 is 9.90 Å². The topological polar surface area (TPSA) is 63.1 Å². The van der Waals surface area contributed by atoms with Crippen molar-refractivity contribution in [1.29, 1.82) is 0 Å². The number of fused-ring (bicyclic) bond motifs is 1. The van der Waals surface area contributed by atoms with E-state index < -0.39 is 5.97 Å². The van der Waals surface area contributed by atoms with Gasteiger partial charge < -0.3 is 5.11 Å². The van der Waals surface area contributed by atoms with Crippen molar-refractivity contribution in [2.24, 2.45) is 0 Å². The Bertz CT molecular complexity index is 482. The monoisotopic (exact) mass is 214 g/mol. The van der Waals surface area contributed by atoms with Crippen molar-refractivity contribution in [3.63, 3.8) is 0 Å². The van der Waals surface area contributed by atoms with Crippen molar-refractivity contribution in [3.05, 3.63) is 22.3 Å². The van der Waals surface area contributed by atoms with Gasteiger partial charge in [0, 0.05) is 5.38 Å². The Hall–Kier alpha value is -1.20. The van der Waals surface area contributed by atoms with Crippen molar-refractivity contribution in [2.45, 2.75) is 0 Å². The predicted molar refractivity (Wildman–Crippen MR) is 49.4 cm³/mol. The number of carbonyl (C=O) groups is 1. The van der Waals surface area contributed by atoms with E-state index in [2.05, 4.69) is 9.97 Å². The van der Waals surface area contributed by atoms with Gasteiger partial charge in [0.05, 0.1) is 11.8 Å². The molecule has 0 amide bonds. The molecule has 0 aliphatic rings. The molecule has 0 bridgehead atoms. The summed E-state index contributed by atoms with van der Waals surface area (Å²) in [5, 5.41) is 10.5. The van der Waals surface area contributed by atoms with Crippen LogP contribution in [0, 0.1) is 0 Å². The third-order valence-electron chi connectivity index (χ3n) is 1.48. The van der Waals surface area contributed by atoms with E-state index in [0.717, 1.165) is 0 Å². The van der Waals surface area contributed by atoms with E-state index in [0.29, 0.717) is 10.3 Å². The lowest BCUT2D eigenvalue weighted by atomic mass is 10.3. The highest BCUT2D eigenvalue weighted by Gasteiger charge is 2.12. The Morgan fingerprint density at radius 2 is 2.38 bits per heavy atom. The SMILES string of the molecule is O=C(O)c1csc2ncc(Cl)nc12. The first-order chi connectivity index (χ1) is 6.18. The average Bonchev–Trinajstić information content (AvgIpc) is 2.46. The molecule has 4 nitrogen and oxygen atoms in total. The van der Waals surface area contributed by atoms with Crippen LogP contribution < -0.4 is 0 Å². The van der Waals surface area contributed by atoms with Gasteiger partial charge in [0.15, 0.2) is 0 Å². The molecule has 2 rings (SSSR count). The smallest absolute Gasteiger partial charge is 0.338 e. The van der Waals surface area contributed by atoms with Gasteiger partial charge in [-0.05, 0) is 0 Å². The maximum atomic E-state index is 10.7. The van der Waals surface area contributed by atoms with Crippen LogP contribution in [0.5, 0.6) is 0 Å². The summed E-state index contributed by atoms with van der Waals surface area (Å²) in [6.07, 6.45) is 1.39. The van der Waals surface area contributed by atoms with Crippen LogP contribution in [0.15, 0.2) is 11.6 Å². The quantitative estimate of drug-likeness (QED) is 0.789. The molecule has 0 radical (unpaired) electrons.